The van der Waals surface area contributed by atoms with Gasteiger partial charge in [-0.3, -0.25) is 0 Å². The van der Waals surface area contributed by atoms with Gasteiger partial charge in [0, 0.05) is 6.04 Å². The van der Waals surface area contributed by atoms with Crippen molar-refractivity contribution in [1.82, 2.24) is 5.32 Å². The minimum absolute atomic E-state index is 0.787. The monoisotopic (exact) mass is 225 g/mol. The Kier molecular flexibility index (Phi) is 6.41. The van der Waals surface area contributed by atoms with E-state index in [0.717, 1.165) is 23.8 Å². The summed E-state index contributed by atoms with van der Waals surface area (Å²) >= 11 is 0. The minimum Gasteiger partial charge on any atom is -0.314 e. The van der Waals surface area contributed by atoms with E-state index in [-0.39, 0.29) is 0 Å². The molecule has 0 amide bonds. The molecule has 0 spiro atoms. The molecule has 1 aliphatic carbocycles. The second kappa shape index (κ2) is 7.32. The fourth-order valence-electron chi connectivity index (χ4n) is 3.48. The van der Waals surface area contributed by atoms with Crippen LogP contribution in [0.25, 0.3) is 0 Å². The van der Waals surface area contributed by atoms with Gasteiger partial charge >= 0.3 is 0 Å². The first kappa shape index (κ1) is 14.0. The highest BCUT2D eigenvalue weighted by Gasteiger charge is 2.28. The molecule has 16 heavy (non-hydrogen) atoms. The summed E-state index contributed by atoms with van der Waals surface area (Å²) in [5, 5.41) is 3.78. The summed E-state index contributed by atoms with van der Waals surface area (Å²) in [7, 11) is 0. The molecule has 1 heteroatoms. The van der Waals surface area contributed by atoms with Crippen LogP contribution in [0, 0.1) is 17.8 Å². The lowest BCUT2D eigenvalue weighted by atomic mass is 9.73. The smallest absolute Gasteiger partial charge is 0.00954 e. The van der Waals surface area contributed by atoms with Gasteiger partial charge in [0.25, 0.3) is 0 Å². The zero-order valence-electron chi connectivity index (χ0n) is 11.8. The maximum absolute atomic E-state index is 3.78. The zero-order valence-corrected chi connectivity index (χ0v) is 11.8. The maximum Gasteiger partial charge on any atom is 0.00954 e. The van der Waals surface area contributed by atoms with E-state index in [0.29, 0.717) is 0 Å². The fourth-order valence-corrected chi connectivity index (χ4v) is 3.48. The van der Waals surface area contributed by atoms with Gasteiger partial charge in [-0.05, 0) is 56.4 Å². The first-order chi connectivity index (χ1) is 7.67. The predicted octanol–water partition coefficient (Wildman–Crippen LogP) is 4.23. The van der Waals surface area contributed by atoms with Crippen LogP contribution in [0.1, 0.15) is 66.2 Å². The third-order valence-electron chi connectivity index (χ3n) is 4.04. The molecule has 0 aromatic carbocycles. The molecule has 3 atom stereocenters. The van der Waals surface area contributed by atoms with Crippen molar-refractivity contribution in [2.45, 2.75) is 72.3 Å². The second-order valence-corrected chi connectivity index (χ2v) is 6.03. The van der Waals surface area contributed by atoms with Gasteiger partial charge in [0.15, 0.2) is 0 Å². The van der Waals surface area contributed by atoms with Crippen LogP contribution in [0.2, 0.25) is 0 Å². The largest absolute Gasteiger partial charge is 0.314 e. The van der Waals surface area contributed by atoms with Crippen molar-refractivity contribution < 1.29 is 0 Å². The Morgan fingerprint density at radius 1 is 1.00 bits per heavy atom. The molecule has 0 heterocycles. The third-order valence-corrected chi connectivity index (χ3v) is 4.04. The molecule has 1 aliphatic rings. The van der Waals surface area contributed by atoms with Crippen molar-refractivity contribution in [3.05, 3.63) is 0 Å². The third kappa shape index (κ3) is 4.45. The van der Waals surface area contributed by atoms with Crippen LogP contribution >= 0.6 is 0 Å². The molecule has 0 bridgehead atoms. The van der Waals surface area contributed by atoms with E-state index >= 15 is 0 Å². The minimum atomic E-state index is 0.787. The number of rotatable bonds is 6. The highest BCUT2D eigenvalue weighted by Crippen LogP contribution is 2.35. The van der Waals surface area contributed by atoms with E-state index in [1.807, 2.05) is 0 Å². The Bertz CT molecular complexity index is 168. The fraction of sp³-hybridized carbons (Fsp3) is 1.00. The summed E-state index contributed by atoms with van der Waals surface area (Å²) in [4.78, 5) is 0. The molecule has 1 fully saturated rings. The van der Waals surface area contributed by atoms with Gasteiger partial charge in [-0.2, -0.15) is 0 Å². The van der Waals surface area contributed by atoms with Crippen molar-refractivity contribution in [3.63, 3.8) is 0 Å². The SMILES string of the molecule is CCCNC(CCC)C1CC(C)CC(C)C1. The summed E-state index contributed by atoms with van der Waals surface area (Å²) < 4.78 is 0. The van der Waals surface area contributed by atoms with E-state index in [4.69, 9.17) is 0 Å². The topological polar surface area (TPSA) is 12.0 Å². The van der Waals surface area contributed by atoms with Crippen LogP contribution < -0.4 is 5.32 Å². The van der Waals surface area contributed by atoms with Crippen molar-refractivity contribution in [2.24, 2.45) is 17.8 Å². The lowest BCUT2D eigenvalue weighted by molar-refractivity contribution is 0.170. The van der Waals surface area contributed by atoms with Crippen LogP contribution in [-0.2, 0) is 0 Å². The van der Waals surface area contributed by atoms with Gasteiger partial charge in [-0.25, -0.2) is 0 Å². The summed E-state index contributed by atoms with van der Waals surface area (Å²) in [6, 6.07) is 0.787. The Hall–Kier alpha value is -0.0400. The molecule has 0 radical (unpaired) electrons. The van der Waals surface area contributed by atoms with E-state index in [1.165, 1.54) is 45.1 Å². The lowest BCUT2D eigenvalue weighted by Gasteiger charge is -2.37. The molecule has 1 saturated carbocycles. The molecule has 1 rings (SSSR count). The maximum atomic E-state index is 3.78. The summed E-state index contributed by atoms with van der Waals surface area (Å²) in [6.45, 7) is 10.7. The van der Waals surface area contributed by atoms with Crippen molar-refractivity contribution >= 4 is 0 Å². The van der Waals surface area contributed by atoms with E-state index < -0.39 is 0 Å². The van der Waals surface area contributed by atoms with Gasteiger partial charge < -0.3 is 5.32 Å². The molecule has 1 N–H and O–H groups in total. The Balaban J connectivity index is 2.47. The predicted molar refractivity (Wildman–Crippen MR) is 72.7 cm³/mol. The van der Waals surface area contributed by atoms with Crippen molar-refractivity contribution in [1.29, 1.82) is 0 Å². The Morgan fingerprint density at radius 3 is 2.12 bits per heavy atom. The quantitative estimate of drug-likeness (QED) is 0.713. The molecular formula is C15H31N. The zero-order chi connectivity index (χ0) is 12.0. The lowest BCUT2D eigenvalue weighted by Crippen LogP contribution is -2.40. The van der Waals surface area contributed by atoms with Crippen LogP contribution in [0.5, 0.6) is 0 Å². The van der Waals surface area contributed by atoms with Crippen LogP contribution in [0.3, 0.4) is 0 Å². The highest BCUT2D eigenvalue weighted by molar-refractivity contribution is 4.83. The van der Waals surface area contributed by atoms with Gasteiger partial charge in [-0.15, -0.1) is 0 Å². The molecule has 96 valence electrons. The van der Waals surface area contributed by atoms with E-state index in [9.17, 15) is 0 Å². The number of nitrogens with one attached hydrogen (secondary N) is 1. The van der Waals surface area contributed by atoms with Crippen LogP contribution in [0.15, 0.2) is 0 Å². The van der Waals surface area contributed by atoms with E-state index in [1.54, 1.807) is 0 Å². The summed E-state index contributed by atoms with van der Waals surface area (Å²) in [6.07, 6.45) is 8.29. The first-order valence-electron chi connectivity index (χ1n) is 7.40. The molecule has 1 nitrogen and oxygen atoms in total. The van der Waals surface area contributed by atoms with Crippen molar-refractivity contribution in [2.75, 3.05) is 6.54 Å². The van der Waals surface area contributed by atoms with Crippen LogP contribution in [0.4, 0.5) is 0 Å². The van der Waals surface area contributed by atoms with Gasteiger partial charge in [-0.1, -0.05) is 34.1 Å². The molecular weight excluding hydrogens is 194 g/mol. The standard InChI is InChI=1S/C15H31N/c1-5-7-15(16-8-6-2)14-10-12(3)9-13(4)11-14/h12-16H,5-11H2,1-4H3. The van der Waals surface area contributed by atoms with E-state index in [2.05, 4.69) is 33.0 Å². The highest BCUT2D eigenvalue weighted by atomic mass is 14.9. The molecule has 0 saturated heterocycles. The molecule has 0 aromatic rings. The summed E-state index contributed by atoms with van der Waals surface area (Å²) in [5.74, 6) is 2.82. The van der Waals surface area contributed by atoms with Gasteiger partial charge in [0.05, 0.1) is 0 Å². The van der Waals surface area contributed by atoms with Gasteiger partial charge in [0.2, 0.25) is 0 Å². The molecule has 0 aromatic heterocycles. The number of hydrogen-bond acceptors (Lipinski definition) is 1. The normalized spacial score (nSPS) is 32.6. The molecule has 0 aliphatic heterocycles. The average Bonchev–Trinajstić information content (AvgIpc) is 2.22. The average molecular weight is 225 g/mol. The second-order valence-electron chi connectivity index (χ2n) is 6.03. The molecule has 3 unspecified atom stereocenters. The van der Waals surface area contributed by atoms with Crippen molar-refractivity contribution in [3.8, 4) is 0 Å². The Labute approximate surface area is 102 Å². The van der Waals surface area contributed by atoms with Gasteiger partial charge in [0.1, 0.15) is 0 Å². The number of hydrogen-bond donors (Lipinski definition) is 1. The summed E-state index contributed by atoms with van der Waals surface area (Å²) in [5.41, 5.74) is 0. The first-order valence-corrected chi connectivity index (χ1v) is 7.40. The van der Waals surface area contributed by atoms with Crippen LogP contribution in [-0.4, -0.2) is 12.6 Å². The Morgan fingerprint density at radius 2 is 1.62 bits per heavy atom.